The van der Waals surface area contributed by atoms with Gasteiger partial charge in [-0.2, -0.15) is 0 Å². The molecule has 0 radical (unpaired) electrons. The Labute approximate surface area is 45.1 Å². The third-order valence-electron chi connectivity index (χ3n) is 1.19. The fourth-order valence-electron chi connectivity index (χ4n) is 0.102. The third kappa shape index (κ3) is 2.60. The smallest absolute Gasteiger partial charge is 0.0244 e. The molecule has 0 saturated carbocycles. The van der Waals surface area contributed by atoms with E-state index in [9.17, 15) is 0 Å². The van der Waals surface area contributed by atoms with Crippen LogP contribution in [0.2, 0.25) is 0 Å². The van der Waals surface area contributed by atoms with Gasteiger partial charge < -0.3 is 11.1 Å². The Hall–Kier alpha value is -0.0800. The number of likely N-dealkylation sites (N-methyl/N-ethyl adjacent to an activating group) is 1. The molecule has 44 valence electrons. The maximum Gasteiger partial charge on any atom is 0.0244 e. The summed E-state index contributed by atoms with van der Waals surface area (Å²) in [6.07, 6.45) is 0. The zero-order chi connectivity index (χ0) is 5.91. The molecular formula is C5H14N2. The fraction of sp³-hybridized carbons (Fsp3) is 1.00. The fourth-order valence-corrected chi connectivity index (χ4v) is 0.102. The summed E-state index contributed by atoms with van der Waals surface area (Å²) in [6, 6.07) is 0. The van der Waals surface area contributed by atoms with Crippen molar-refractivity contribution < 1.29 is 0 Å². The number of nitrogens with one attached hydrogen (secondary N) is 1. The maximum atomic E-state index is 5.35. The van der Waals surface area contributed by atoms with E-state index in [4.69, 9.17) is 5.73 Å². The first kappa shape index (κ1) is 6.92. The molecule has 2 heteroatoms. The quantitative estimate of drug-likeness (QED) is 0.512. The Morgan fingerprint density at radius 1 is 1.57 bits per heavy atom. The highest BCUT2D eigenvalue weighted by atomic mass is 14.9. The summed E-state index contributed by atoms with van der Waals surface area (Å²) in [5.41, 5.74) is 5.47. The van der Waals surface area contributed by atoms with Crippen molar-refractivity contribution in [3.05, 3.63) is 0 Å². The van der Waals surface area contributed by atoms with Crippen LogP contribution < -0.4 is 11.1 Å². The van der Waals surface area contributed by atoms with E-state index in [1.165, 1.54) is 0 Å². The van der Waals surface area contributed by atoms with Gasteiger partial charge >= 0.3 is 0 Å². The van der Waals surface area contributed by atoms with Crippen molar-refractivity contribution in [2.24, 2.45) is 5.73 Å². The Kier molecular flexibility index (Phi) is 2.26. The molecule has 0 spiro atoms. The van der Waals surface area contributed by atoms with Crippen LogP contribution in [0.15, 0.2) is 0 Å². The number of nitrogens with two attached hydrogens (primary N) is 1. The van der Waals surface area contributed by atoms with Gasteiger partial charge in [-0.05, 0) is 20.9 Å². The van der Waals surface area contributed by atoms with Crippen LogP contribution >= 0.6 is 0 Å². The van der Waals surface area contributed by atoms with E-state index >= 15 is 0 Å². The zero-order valence-electron chi connectivity index (χ0n) is 5.28. The van der Waals surface area contributed by atoms with Gasteiger partial charge in [-0.15, -0.1) is 0 Å². The number of hydrogen-bond donors (Lipinski definition) is 2. The molecule has 0 unspecified atom stereocenters. The Morgan fingerprint density at radius 3 is 2.00 bits per heavy atom. The van der Waals surface area contributed by atoms with Crippen molar-refractivity contribution in [1.29, 1.82) is 0 Å². The van der Waals surface area contributed by atoms with Gasteiger partial charge in [0.25, 0.3) is 0 Å². The van der Waals surface area contributed by atoms with Crippen molar-refractivity contribution in [2.45, 2.75) is 19.4 Å². The molecule has 0 aromatic carbocycles. The third-order valence-corrected chi connectivity index (χ3v) is 1.19. The maximum absolute atomic E-state index is 5.35. The lowest BCUT2D eigenvalue weighted by molar-refractivity contribution is 0.436. The predicted molar refractivity (Wildman–Crippen MR) is 32.2 cm³/mol. The lowest BCUT2D eigenvalue weighted by Gasteiger charge is -2.20. The Balaban J connectivity index is 3.36. The summed E-state index contributed by atoms with van der Waals surface area (Å²) >= 11 is 0. The minimum Gasteiger partial charge on any atom is -0.329 e. The van der Waals surface area contributed by atoms with Crippen molar-refractivity contribution in [3.8, 4) is 0 Å². The molecule has 0 aliphatic rings. The van der Waals surface area contributed by atoms with Crippen LogP contribution in [-0.2, 0) is 0 Å². The first-order chi connectivity index (χ1) is 3.12. The lowest BCUT2D eigenvalue weighted by atomic mass is 10.1. The second-order valence-electron chi connectivity index (χ2n) is 2.34. The van der Waals surface area contributed by atoms with Crippen molar-refractivity contribution in [2.75, 3.05) is 13.6 Å². The minimum absolute atomic E-state index is 0.111. The van der Waals surface area contributed by atoms with E-state index < -0.39 is 0 Å². The molecule has 0 atom stereocenters. The second kappa shape index (κ2) is 2.28. The normalized spacial score (nSPS) is 12.0. The molecule has 0 rings (SSSR count). The molecule has 3 N–H and O–H groups in total. The molecule has 0 aliphatic heterocycles. The first-order valence-corrected chi connectivity index (χ1v) is 2.51. The van der Waals surface area contributed by atoms with Crippen LogP contribution in [-0.4, -0.2) is 19.1 Å². The van der Waals surface area contributed by atoms with Gasteiger partial charge in [0, 0.05) is 12.1 Å². The Morgan fingerprint density at radius 2 is 2.00 bits per heavy atom. The number of rotatable bonds is 2. The summed E-state index contributed by atoms with van der Waals surface area (Å²) < 4.78 is 0. The first-order valence-electron chi connectivity index (χ1n) is 2.51. The monoisotopic (exact) mass is 102 g/mol. The van der Waals surface area contributed by atoms with Crippen LogP contribution in [0.4, 0.5) is 0 Å². The summed E-state index contributed by atoms with van der Waals surface area (Å²) in [7, 11) is 1.91. The molecule has 0 aromatic heterocycles. The molecule has 2 nitrogen and oxygen atoms in total. The van der Waals surface area contributed by atoms with Gasteiger partial charge in [-0.1, -0.05) is 0 Å². The highest BCUT2D eigenvalue weighted by Gasteiger charge is 2.09. The molecule has 0 amide bonds. The van der Waals surface area contributed by atoms with Gasteiger partial charge in [0.15, 0.2) is 0 Å². The molecule has 0 fully saturated rings. The van der Waals surface area contributed by atoms with Gasteiger partial charge in [-0.3, -0.25) is 0 Å². The average Bonchev–Trinajstić information content (AvgIpc) is 1.68. The molecule has 0 bridgehead atoms. The van der Waals surface area contributed by atoms with E-state index in [0.717, 1.165) is 0 Å². The van der Waals surface area contributed by atoms with E-state index in [2.05, 4.69) is 19.2 Å². The summed E-state index contributed by atoms with van der Waals surface area (Å²) in [6.45, 7) is 4.81. The van der Waals surface area contributed by atoms with E-state index in [1.807, 2.05) is 7.05 Å². The summed E-state index contributed by atoms with van der Waals surface area (Å²) in [5.74, 6) is 0. The SMILES string of the molecule is CNC(C)(C)CN. The molecule has 7 heavy (non-hydrogen) atoms. The van der Waals surface area contributed by atoms with E-state index in [-0.39, 0.29) is 5.54 Å². The van der Waals surface area contributed by atoms with Crippen molar-refractivity contribution in [1.82, 2.24) is 5.32 Å². The second-order valence-corrected chi connectivity index (χ2v) is 2.34. The molecule has 0 heterocycles. The predicted octanol–water partition coefficient (Wildman–Crippen LogP) is -0.0569. The molecule has 0 aromatic rings. The van der Waals surface area contributed by atoms with Crippen LogP contribution in [0.1, 0.15) is 13.8 Å². The van der Waals surface area contributed by atoms with Crippen LogP contribution in [0.3, 0.4) is 0 Å². The molecule has 0 aliphatic carbocycles. The molecule has 0 saturated heterocycles. The van der Waals surface area contributed by atoms with Crippen LogP contribution in [0.25, 0.3) is 0 Å². The van der Waals surface area contributed by atoms with E-state index in [1.54, 1.807) is 0 Å². The Bertz CT molecular complexity index is 44.0. The topological polar surface area (TPSA) is 38.0 Å². The zero-order valence-corrected chi connectivity index (χ0v) is 5.28. The van der Waals surface area contributed by atoms with Gasteiger partial charge in [-0.25, -0.2) is 0 Å². The van der Waals surface area contributed by atoms with Crippen LogP contribution in [0, 0.1) is 0 Å². The largest absolute Gasteiger partial charge is 0.329 e. The number of hydrogen-bond acceptors (Lipinski definition) is 2. The minimum atomic E-state index is 0.111. The summed E-state index contributed by atoms with van der Waals surface area (Å²) in [5, 5.41) is 3.07. The van der Waals surface area contributed by atoms with Crippen molar-refractivity contribution in [3.63, 3.8) is 0 Å². The highest BCUT2D eigenvalue weighted by molar-refractivity contribution is 4.74. The standard InChI is InChI=1S/C5H14N2/c1-5(2,4-6)7-3/h7H,4,6H2,1-3H3. The van der Waals surface area contributed by atoms with Gasteiger partial charge in [0.1, 0.15) is 0 Å². The summed E-state index contributed by atoms with van der Waals surface area (Å²) in [4.78, 5) is 0. The lowest BCUT2D eigenvalue weighted by Crippen LogP contribution is -2.43. The van der Waals surface area contributed by atoms with Crippen molar-refractivity contribution >= 4 is 0 Å². The van der Waals surface area contributed by atoms with E-state index in [0.29, 0.717) is 6.54 Å². The van der Waals surface area contributed by atoms with Crippen LogP contribution in [0.5, 0.6) is 0 Å². The van der Waals surface area contributed by atoms with Gasteiger partial charge in [0.05, 0.1) is 0 Å². The van der Waals surface area contributed by atoms with Gasteiger partial charge in [0.2, 0.25) is 0 Å². The highest BCUT2D eigenvalue weighted by Crippen LogP contribution is 1.93. The molecular weight excluding hydrogens is 88.1 g/mol. The average molecular weight is 102 g/mol.